The van der Waals surface area contributed by atoms with Gasteiger partial charge in [-0.1, -0.05) is 18.2 Å². The monoisotopic (exact) mass is 185 g/mol. The standard InChI is InChI=1S/C11H11N3/c1-2-4-10(5-3-1)14-8-12-11(13-14)9-6-7-9/h1-5,8-9H,6-7H2. The Bertz CT molecular complexity index is 429. The molecule has 3 rings (SSSR count). The van der Waals surface area contributed by atoms with E-state index in [0.717, 1.165) is 11.5 Å². The Kier molecular flexibility index (Phi) is 1.63. The zero-order valence-electron chi connectivity index (χ0n) is 7.80. The molecule has 0 bridgehead atoms. The zero-order valence-corrected chi connectivity index (χ0v) is 7.80. The quantitative estimate of drug-likeness (QED) is 0.717. The smallest absolute Gasteiger partial charge is 0.154 e. The maximum atomic E-state index is 4.45. The third-order valence-corrected chi connectivity index (χ3v) is 2.47. The molecular weight excluding hydrogens is 174 g/mol. The van der Waals surface area contributed by atoms with Gasteiger partial charge in [-0.3, -0.25) is 0 Å². The Hall–Kier alpha value is -1.64. The van der Waals surface area contributed by atoms with Gasteiger partial charge in [-0.2, -0.15) is 5.10 Å². The fourth-order valence-electron chi connectivity index (χ4n) is 1.51. The predicted molar refractivity (Wildman–Crippen MR) is 53.3 cm³/mol. The van der Waals surface area contributed by atoms with Crippen LogP contribution < -0.4 is 0 Å². The lowest BCUT2D eigenvalue weighted by molar-refractivity contribution is 0.835. The van der Waals surface area contributed by atoms with Gasteiger partial charge in [0.25, 0.3) is 0 Å². The lowest BCUT2D eigenvalue weighted by Gasteiger charge is -1.97. The Morgan fingerprint density at radius 2 is 1.93 bits per heavy atom. The zero-order chi connectivity index (χ0) is 9.38. The lowest BCUT2D eigenvalue weighted by atomic mass is 10.3. The molecule has 1 aliphatic rings. The summed E-state index contributed by atoms with van der Waals surface area (Å²) in [5.74, 6) is 1.62. The number of benzene rings is 1. The van der Waals surface area contributed by atoms with Gasteiger partial charge >= 0.3 is 0 Å². The Labute approximate surface area is 82.4 Å². The van der Waals surface area contributed by atoms with Crippen molar-refractivity contribution in [3.8, 4) is 5.69 Å². The molecule has 1 aromatic heterocycles. The molecule has 0 radical (unpaired) electrons. The SMILES string of the molecule is c1ccc(-n2cnc(C3CC3)n2)cc1. The second-order valence-corrected chi connectivity index (χ2v) is 3.66. The minimum atomic E-state index is 0.625. The maximum Gasteiger partial charge on any atom is 0.154 e. The molecule has 0 N–H and O–H groups in total. The Morgan fingerprint density at radius 3 is 2.64 bits per heavy atom. The summed E-state index contributed by atoms with van der Waals surface area (Å²) in [6.07, 6.45) is 4.29. The lowest BCUT2D eigenvalue weighted by Crippen LogP contribution is -1.94. The van der Waals surface area contributed by atoms with E-state index < -0.39 is 0 Å². The number of aromatic nitrogens is 3. The van der Waals surface area contributed by atoms with Crippen molar-refractivity contribution < 1.29 is 0 Å². The van der Waals surface area contributed by atoms with E-state index in [1.54, 1.807) is 6.33 Å². The second kappa shape index (κ2) is 2.94. The normalized spacial score (nSPS) is 15.7. The first kappa shape index (κ1) is 7.74. The molecule has 1 aromatic carbocycles. The van der Waals surface area contributed by atoms with Crippen LogP contribution in [0, 0.1) is 0 Å². The maximum absolute atomic E-state index is 4.45. The van der Waals surface area contributed by atoms with Gasteiger partial charge in [-0.05, 0) is 25.0 Å². The van der Waals surface area contributed by atoms with Crippen LogP contribution in [0.2, 0.25) is 0 Å². The molecule has 3 heteroatoms. The minimum absolute atomic E-state index is 0.625. The number of para-hydroxylation sites is 1. The van der Waals surface area contributed by atoms with E-state index in [1.165, 1.54) is 12.8 Å². The van der Waals surface area contributed by atoms with Gasteiger partial charge in [0, 0.05) is 5.92 Å². The van der Waals surface area contributed by atoms with Crippen molar-refractivity contribution in [1.82, 2.24) is 14.8 Å². The van der Waals surface area contributed by atoms with Crippen molar-refractivity contribution in [2.24, 2.45) is 0 Å². The molecule has 14 heavy (non-hydrogen) atoms. The highest BCUT2D eigenvalue weighted by atomic mass is 15.3. The summed E-state index contributed by atoms with van der Waals surface area (Å²) in [7, 11) is 0. The molecule has 3 nitrogen and oxygen atoms in total. The first-order valence-electron chi connectivity index (χ1n) is 4.90. The number of hydrogen-bond acceptors (Lipinski definition) is 2. The average Bonchev–Trinajstić information content (AvgIpc) is 2.98. The number of hydrogen-bond donors (Lipinski definition) is 0. The van der Waals surface area contributed by atoms with Crippen LogP contribution in [-0.2, 0) is 0 Å². The predicted octanol–water partition coefficient (Wildman–Crippen LogP) is 2.14. The van der Waals surface area contributed by atoms with E-state index in [4.69, 9.17) is 0 Å². The van der Waals surface area contributed by atoms with Crippen LogP contribution in [0.5, 0.6) is 0 Å². The van der Waals surface area contributed by atoms with Crippen molar-refractivity contribution in [3.05, 3.63) is 42.5 Å². The van der Waals surface area contributed by atoms with Crippen molar-refractivity contribution >= 4 is 0 Å². The molecule has 0 aliphatic heterocycles. The van der Waals surface area contributed by atoms with Gasteiger partial charge in [0.1, 0.15) is 6.33 Å². The highest BCUT2D eigenvalue weighted by Gasteiger charge is 2.27. The minimum Gasteiger partial charge on any atom is -0.221 e. The van der Waals surface area contributed by atoms with Crippen molar-refractivity contribution in [2.75, 3.05) is 0 Å². The summed E-state index contributed by atoms with van der Waals surface area (Å²) in [5, 5.41) is 4.45. The third-order valence-electron chi connectivity index (χ3n) is 2.47. The molecule has 1 fully saturated rings. The summed E-state index contributed by atoms with van der Waals surface area (Å²) in [6.45, 7) is 0. The summed E-state index contributed by atoms with van der Waals surface area (Å²) in [4.78, 5) is 4.31. The van der Waals surface area contributed by atoms with Gasteiger partial charge in [0.15, 0.2) is 5.82 Å². The van der Waals surface area contributed by atoms with Crippen LogP contribution in [0.25, 0.3) is 5.69 Å². The third kappa shape index (κ3) is 1.31. The molecular formula is C11H11N3. The van der Waals surface area contributed by atoms with Crippen LogP contribution in [0.4, 0.5) is 0 Å². The summed E-state index contributed by atoms with van der Waals surface area (Å²) in [6, 6.07) is 10.1. The van der Waals surface area contributed by atoms with Gasteiger partial charge in [0.2, 0.25) is 0 Å². The van der Waals surface area contributed by atoms with Crippen molar-refractivity contribution in [1.29, 1.82) is 0 Å². The van der Waals surface area contributed by atoms with Crippen LogP contribution in [0.3, 0.4) is 0 Å². The highest BCUT2D eigenvalue weighted by Crippen LogP contribution is 2.37. The van der Waals surface area contributed by atoms with Crippen LogP contribution in [0.15, 0.2) is 36.7 Å². The summed E-state index contributed by atoms with van der Waals surface area (Å²) >= 11 is 0. The van der Waals surface area contributed by atoms with Gasteiger partial charge in [-0.25, -0.2) is 9.67 Å². The Balaban J connectivity index is 1.96. The van der Waals surface area contributed by atoms with E-state index in [0.29, 0.717) is 5.92 Å². The average molecular weight is 185 g/mol. The number of rotatable bonds is 2. The fourth-order valence-corrected chi connectivity index (χ4v) is 1.51. The van der Waals surface area contributed by atoms with Crippen LogP contribution >= 0.6 is 0 Å². The molecule has 0 spiro atoms. The summed E-state index contributed by atoms with van der Waals surface area (Å²) < 4.78 is 1.84. The van der Waals surface area contributed by atoms with Crippen molar-refractivity contribution in [3.63, 3.8) is 0 Å². The first-order valence-corrected chi connectivity index (χ1v) is 4.90. The van der Waals surface area contributed by atoms with E-state index in [9.17, 15) is 0 Å². The van der Waals surface area contributed by atoms with E-state index >= 15 is 0 Å². The molecule has 2 aromatic rings. The molecule has 1 aliphatic carbocycles. The highest BCUT2D eigenvalue weighted by molar-refractivity contribution is 5.29. The molecule has 0 amide bonds. The van der Waals surface area contributed by atoms with Gasteiger partial charge < -0.3 is 0 Å². The molecule has 1 saturated carbocycles. The molecule has 1 heterocycles. The summed E-state index contributed by atoms with van der Waals surface area (Å²) in [5.41, 5.74) is 1.08. The second-order valence-electron chi connectivity index (χ2n) is 3.66. The number of nitrogens with zero attached hydrogens (tertiary/aromatic N) is 3. The molecule has 0 atom stereocenters. The Morgan fingerprint density at radius 1 is 1.14 bits per heavy atom. The molecule has 0 unspecified atom stereocenters. The molecule has 0 saturated heterocycles. The van der Waals surface area contributed by atoms with Crippen molar-refractivity contribution in [2.45, 2.75) is 18.8 Å². The topological polar surface area (TPSA) is 30.7 Å². The van der Waals surface area contributed by atoms with Crippen LogP contribution in [0.1, 0.15) is 24.6 Å². The fraction of sp³-hybridized carbons (Fsp3) is 0.273. The van der Waals surface area contributed by atoms with E-state index in [-0.39, 0.29) is 0 Å². The first-order chi connectivity index (χ1) is 6.93. The largest absolute Gasteiger partial charge is 0.221 e. The van der Waals surface area contributed by atoms with Gasteiger partial charge in [0.05, 0.1) is 5.69 Å². The van der Waals surface area contributed by atoms with E-state index in [1.807, 2.05) is 35.0 Å². The van der Waals surface area contributed by atoms with E-state index in [2.05, 4.69) is 10.1 Å². The molecule has 70 valence electrons. The van der Waals surface area contributed by atoms with Gasteiger partial charge in [-0.15, -0.1) is 0 Å². The van der Waals surface area contributed by atoms with Crippen LogP contribution in [-0.4, -0.2) is 14.8 Å².